The number of carbonyl (C=O) groups excluding carboxylic acids is 1. The molecule has 1 N–H and O–H groups in total. The molecule has 1 saturated heterocycles. The lowest BCUT2D eigenvalue weighted by Gasteiger charge is -2.32. The van der Waals surface area contributed by atoms with Crippen LogP contribution in [0.1, 0.15) is 18.4 Å². The molecule has 0 saturated carbocycles. The van der Waals surface area contributed by atoms with Gasteiger partial charge in [-0.2, -0.15) is 0 Å². The maximum atomic E-state index is 12.5. The molecular weight excluding hydrogens is 308 g/mol. The molecule has 0 radical (unpaired) electrons. The van der Waals surface area contributed by atoms with Crippen molar-refractivity contribution in [3.8, 4) is 0 Å². The molecule has 2 aromatic rings. The van der Waals surface area contributed by atoms with E-state index in [1.165, 1.54) is 5.56 Å². The first kappa shape index (κ1) is 16.0. The van der Waals surface area contributed by atoms with Crippen LogP contribution in [0.5, 0.6) is 0 Å². The Morgan fingerprint density at radius 2 is 1.87 bits per heavy atom. The second kappa shape index (κ2) is 7.62. The van der Waals surface area contributed by atoms with Crippen molar-refractivity contribution < 1.29 is 4.79 Å². The summed E-state index contributed by atoms with van der Waals surface area (Å²) in [5.41, 5.74) is 1.99. The Labute approximate surface area is 142 Å². The first-order valence-electron chi connectivity index (χ1n) is 8.04. The third kappa shape index (κ3) is 4.34. The van der Waals surface area contributed by atoms with Crippen LogP contribution < -0.4 is 5.32 Å². The van der Waals surface area contributed by atoms with Crippen molar-refractivity contribution in [3.63, 3.8) is 0 Å². The zero-order chi connectivity index (χ0) is 16.1. The van der Waals surface area contributed by atoms with E-state index in [4.69, 9.17) is 11.6 Å². The smallest absolute Gasteiger partial charge is 0.228 e. The molecule has 3 nitrogen and oxygen atoms in total. The Hall–Kier alpha value is -1.84. The quantitative estimate of drug-likeness (QED) is 0.912. The summed E-state index contributed by atoms with van der Waals surface area (Å²) in [6.07, 6.45) is 1.98. The van der Waals surface area contributed by atoms with Gasteiger partial charge in [0, 0.05) is 13.1 Å². The summed E-state index contributed by atoms with van der Waals surface area (Å²) in [5.74, 6) is 0.0830. The highest BCUT2D eigenvalue weighted by atomic mass is 35.5. The van der Waals surface area contributed by atoms with E-state index in [1.807, 2.05) is 24.3 Å². The third-order valence-corrected chi connectivity index (χ3v) is 4.59. The van der Waals surface area contributed by atoms with Crippen molar-refractivity contribution in [2.24, 2.45) is 5.92 Å². The van der Waals surface area contributed by atoms with E-state index in [9.17, 15) is 4.79 Å². The van der Waals surface area contributed by atoms with Gasteiger partial charge in [-0.3, -0.25) is 9.69 Å². The molecule has 1 unspecified atom stereocenters. The molecule has 3 rings (SSSR count). The molecule has 1 atom stereocenters. The minimum absolute atomic E-state index is 0.0173. The fraction of sp³-hybridized carbons (Fsp3) is 0.316. The van der Waals surface area contributed by atoms with Crippen LogP contribution >= 0.6 is 11.6 Å². The Morgan fingerprint density at radius 3 is 2.65 bits per heavy atom. The second-order valence-electron chi connectivity index (χ2n) is 6.03. The van der Waals surface area contributed by atoms with Crippen LogP contribution in [-0.2, 0) is 11.3 Å². The monoisotopic (exact) mass is 328 g/mol. The van der Waals surface area contributed by atoms with E-state index in [1.54, 1.807) is 6.07 Å². The number of para-hydroxylation sites is 1. The Morgan fingerprint density at radius 1 is 1.13 bits per heavy atom. The molecule has 120 valence electrons. The van der Waals surface area contributed by atoms with Gasteiger partial charge >= 0.3 is 0 Å². The van der Waals surface area contributed by atoms with E-state index in [0.717, 1.165) is 32.5 Å². The fourth-order valence-electron chi connectivity index (χ4n) is 3.05. The number of nitrogens with zero attached hydrogens (tertiary/aromatic N) is 1. The van der Waals surface area contributed by atoms with Crippen molar-refractivity contribution in [1.29, 1.82) is 0 Å². The van der Waals surface area contributed by atoms with Crippen LogP contribution in [0.2, 0.25) is 5.02 Å². The van der Waals surface area contributed by atoms with Gasteiger partial charge in [-0.15, -0.1) is 0 Å². The first-order chi connectivity index (χ1) is 11.2. The Bertz CT molecular complexity index is 659. The van der Waals surface area contributed by atoms with Crippen LogP contribution in [0.3, 0.4) is 0 Å². The molecule has 1 aliphatic heterocycles. The van der Waals surface area contributed by atoms with Crippen LogP contribution in [-0.4, -0.2) is 23.9 Å². The SMILES string of the molecule is O=C(Nc1ccccc1Cl)C1CCCN(Cc2ccccc2)C1. The molecule has 0 aromatic heterocycles. The predicted molar refractivity (Wildman–Crippen MR) is 94.5 cm³/mol. The third-order valence-electron chi connectivity index (χ3n) is 4.26. The molecule has 0 aliphatic carbocycles. The van der Waals surface area contributed by atoms with E-state index in [2.05, 4.69) is 34.5 Å². The molecule has 23 heavy (non-hydrogen) atoms. The van der Waals surface area contributed by atoms with Crippen molar-refractivity contribution in [3.05, 3.63) is 65.2 Å². The summed E-state index contributed by atoms with van der Waals surface area (Å²) in [6, 6.07) is 17.8. The molecule has 1 fully saturated rings. The zero-order valence-corrected chi connectivity index (χ0v) is 13.8. The summed E-state index contributed by atoms with van der Waals surface area (Å²) >= 11 is 6.12. The van der Waals surface area contributed by atoms with Crippen LogP contribution in [0.4, 0.5) is 5.69 Å². The summed E-state index contributed by atoms with van der Waals surface area (Å²) in [5, 5.41) is 3.55. The average Bonchev–Trinajstić information content (AvgIpc) is 2.58. The largest absolute Gasteiger partial charge is 0.324 e. The number of piperidine rings is 1. The minimum Gasteiger partial charge on any atom is -0.324 e. The molecular formula is C19H21ClN2O. The molecule has 1 heterocycles. The number of hydrogen-bond donors (Lipinski definition) is 1. The van der Waals surface area contributed by atoms with Crippen LogP contribution in [0.15, 0.2) is 54.6 Å². The van der Waals surface area contributed by atoms with Gasteiger partial charge in [0.05, 0.1) is 16.6 Å². The number of amides is 1. The van der Waals surface area contributed by atoms with E-state index in [0.29, 0.717) is 10.7 Å². The average molecular weight is 329 g/mol. The Kier molecular flexibility index (Phi) is 5.31. The molecule has 0 spiro atoms. The highest BCUT2D eigenvalue weighted by Gasteiger charge is 2.26. The maximum Gasteiger partial charge on any atom is 0.228 e. The molecule has 4 heteroatoms. The summed E-state index contributed by atoms with van der Waals surface area (Å²) in [4.78, 5) is 14.9. The number of carbonyl (C=O) groups is 1. The summed E-state index contributed by atoms with van der Waals surface area (Å²) in [6.45, 7) is 2.74. The number of likely N-dealkylation sites (tertiary alicyclic amines) is 1. The fourth-order valence-corrected chi connectivity index (χ4v) is 3.24. The Balaban J connectivity index is 1.59. The van der Waals surface area contributed by atoms with E-state index in [-0.39, 0.29) is 11.8 Å². The predicted octanol–water partition coefficient (Wildman–Crippen LogP) is 4.19. The topological polar surface area (TPSA) is 32.3 Å². The molecule has 2 aromatic carbocycles. The number of halogens is 1. The number of benzene rings is 2. The highest BCUT2D eigenvalue weighted by molar-refractivity contribution is 6.33. The van der Waals surface area contributed by atoms with Gasteiger partial charge in [0.1, 0.15) is 0 Å². The van der Waals surface area contributed by atoms with Crippen LogP contribution in [0.25, 0.3) is 0 Å². The van der Waals surface area contributed by atoms with Gasteiger partial charge < -0.3 is 5.32 Å². The number of rotatable bonds is 4. The van der Waals surface area contributed by atoms with Gasteiger partial charge in [-0.1, -0.05) is 54.1 Å². The normalized spacial score (nSPS) is 18.6. The van der Waals surface area contributed by atoms with Gasteiger partial charge in [0.25, 0.3) is 0 Å². The standard InChI is InChI=1S/C19H21ClN2O/c20-17-10-4-5-11-18(17)21-19(23)16-9-6-12-22(14-16)13-15-7-2-1-3-8-15/h1-5,7-8,10-11,16H,6,9,12-14H2,(H,21,23). The first-order valence-corrected chi connectivity index (χ1v) is 8.42. The summed E-state index contributed by atoms with van der Waals surface area (Å²) in [7, 11) is 0. The summed E-state index contributed by atoms with van der Waals surface area (Å²) < 4.78 is 0. The second-order valence-corrected chi connectivity index (χ2v) is 6.44. The van der Waals surface area contributed by atoms with Crippen molar-refractivity contribution >= 4 is 23.2 Å². The van der Waals surface area contributed by atoms with Gasteiger partial charge in [0.2, 0.25) is 5.91 Å². The van der Waals surface area contributed by atoms with Crippen LogP contribution in [0, 0.1) is 5.92 Å². The lowest BCUT2D eigenvalue weighted by molar-refractivity contribution is -0.121. The maximum absolute atomic E-state index is 12.5. The minimum atomic E-state index is 0.0173. The van der Waals surface area contributed by atoms with Crippen molar-refractivity contribution in [2.75, 3.05) is 18.4 Å². The van der Waals surface area contributed by atoms with E-state index < -0.39 is 0 Å². The molecule has 1 aliphatic rings. The number of hydrogen-bond acceptors (Lipinski definition) is 2. The van der Waals surface area contributed by atoms with Gasteiger partial charge in [-0.25, -0.2) is 0 Å². The lowest BCUT2D eigenvalue weighted by atomic mass is 9.96. The van der Waals surface area contributed by atoms with Crippen molar-refractivity contribution in [2.45, 2.75) is 19.4 Å². The molecule has 1 amide bonds. The number of anilines is 1. The van der Waals surface area contributed by atoms with Gasteiger partial charge in [0.15, 0.2) is 0 Å². The highest BCUT2D eigenvalue weighted by Crippen LogP contribution is 2.24. The zero-order valence-electron chi connectivity index (χ0n) is 13.0. The number of nitrogens with one attached hydrogen (secondary N) is 1. The van der Waals surface area contributed by atoms with E-state index >= 15 is 0 Å². The van der Waals surface area contributed by atoms with Gasteiger partial charge in [-0.05, 0) is 37.1 Å². The molecule has 0 bridgehead atoms. The van der Waals surface area contributed by atoms with Crippen molar-refractivity contribution in [1.82, 2.24) is 4.90 Å². The lowest BCUT2D eigenvalue weighted by Crippen LogP contribution is -2.40.